The average Bonchev–Trinajstić information content (AvgIpc) is 2.79. The molecule has 2 aromatic carbocycles. The van der Waals surface area contributed by atoms with Crippen molar-refractivity contribution < 1.29 is 13.2 Å². The predicted octanol–water partition coefficient (Wildman–Crippen LogP) is 3.77. The van der Waals surface area contributed by atoms with Gasteiger partial charge in [0.1, 0.15) is 23.6 Å². The third kappa shape index (κ3) is 6.04. The van der Waals surface area contributed by atoms with Gasteiger partial charge < -0.3 is 10.1 Å². The van der Waals surface area contributed by atoms with E-state index in [-0.39, 0.29) is 6.54 Å². The van der Waals surface area contributed by atoms with Crippen molar-refractivity contribution in [1.82, 2.24) is 19.7 Å². The Kier molecular flexibility index (Phi) is 6.49. The van der Waals surface area contributed by atoms with Gasteiger partial charge in [-0.25, -0.2) is 23.1 Å². The quantitative estimate of drug-likeness (QED) is 0.423. The Bertz CT molecular complexity index is 1460. The van der Waals surface area contributed by atoms with Crippen molar-refractivity contribution in [2.45, 2.75) is 6.92 Å². The predicted molar refractivity (Wildman–Crippen MR) is 128 cm³/mol. The van der Waals surface area contributed by atoms with Gasteiger partial charge in [-0.15, -0.1) is 0 Å². The first-order valence-electron chi connectivity index (χ1n) is 10.0. The Hall–Kier alpha value is -4.00. The van der Waals surface area contributed by atoms with Gasteiger partial charge in [0, 0.05) is 22.8 Å². The van der Waals surface area contributed by atoms with E-state index in [9.17, 15) is 8.42 Å². The maximum Gasteiger partial charge on any atom is 0.209 e. The molecule has 33 heavy (non-hydrogen) atoms. The number of sulfonamides is 1. The molecule has 0 fully saturated rings. The van der Waals surface area contributed by atoms with Crippen LogP contribution in [-0.2, 0) is 10.0 Å². The lowest BCUT2D eigenvalue weighted by Gasteiger charge is -2.12. The second kappa shape index (κ2) is 9.65. The molecular weight excluding hydrogens is 438 g/mol. The molecule has 0 unspecified atom stereocenters. The molecule has 2 aromatic heterocycles. The number of anilines is 2. The van der Waals surface area contributed by atoms with Crippen LogP contribution in [0.3, 0.4) is 0 Å². The summed E-state index contributed by atoms with van der Waals surface area (Å²) in [5.74, 6) is 7.81. The SMILES string of the molecule is Cc1cc(Nc2ncnc3ccc(C#CCNS(C)(=O)=O)cc23)ccc1Oc1cccnc1. The Labute approximate surface area is 192 Å². The Morgan fingerprint density at radius 2 is 1.97 bits per heavy atom. The Balaban J connectivity index is 1.55. The van der Waals surface area contributed by atoms with Crippen molar-refractivity contribution in [3.63, 3.8) is 0 Å². The molecule has 2 heterocycles. The Morgan fingerprint density at radius 3 is 2.73 bits per heavy atom. The van der Waals surface area contributed by atoms with E-state index in [2.05, 4.69) is 36.8 Å². The second-order valence-corrected chi connectivity index (χ2v) is 9.08. The summed E-state index contributed by atoms with van der Waals surface area (Å²) in [5.41, 5.74) is 3.29. The molecule has 166 valence electrons. The summed E-state index contributed by atoms with van der Waals surface area (Å²) in [7, 11) is -3.27. The zero-order chi connectivity index (χ0) is 23.3. The van der Waals surface area contributed by atoms with Gasteiger partial charge in [0.25, 0.3) is 0 Å². The monoisotopic (exact) mass is 459 g/mol. The van der Waals surface area contributed by atoms with Crippen LogP contribution in [0.5, 0.6) is 11.5 Å². The standard InChI is InChI=1S/C24H21N5O3S/c1-17-13-19(8-10-23(17)32-20-6-4-11-25-15-20)29-24-21-14-18(5-3-12-28-33(2,30)31)7-9-22(21)26-16-27-24/h4,6-11,13-16,28H,12H2,1-2H3,(H,26,27,29). The normalized spacial score (nSPS) is 11.0. The third-order valence-electron chi connectivity index (χ3n) is 4.59. The lowest BCUT2D eigenvalue weighted by Crippen LogP contribution is -2.21. The summed E-state index contributed by atoms with van der Waals surface area (Å²) in [5, 5.41) is 4.13. The highest BCUT2D eigenvalue weighted by Gasteiger charge is 2.08. The van der Waals surface area contributed by atoms with Gasteiger partial charge in [-0.2, -0.15) is 0 Å². The molecular formula is C24H21N5O3S. The zero-order valence-electron chi connectivity index (χ0n) is 18.0. The first-order chi connectivity index (χ1) is 15.9. The molecule has 0 aliphatic heterocycles. The van der Waals surface area contributed by atoms with E-state index in [1.807, 2.05) is 55.5 Å². The van der Waals surface area contributed by atoms with Crippen LogP contribution in [0.25, 0.3) is 10.9 Å². The van der Waals surface area contributed by atoms with Crippen molar-refractivity contribution in [3.05, 3.63) is 78.4 Å². The fourth-order valence-electron chi connectivity index (χ4n) is 3.06. The minimum atomic E-state index is -3.27. The maximum atomic E-state index is 11.2. The lowest BCUT2D eigenvalue weighted by molar-refractivity contribution is 0.476. The highest BCUT2D eigenvalue weighted by molar-refractivity contribution is 7.88. The molecule has 0 bridgehead atoms. The van der Waals surface area contributed by atoms with Gasteiger partial charge >= 0.3 is 0 Å². The molecule has 0 aliphatic rings. The number of aryl methyl sites for hydroxylation is 1. The highest BCUT2D eigenvalue weighted by atomic mass is 32.2. The van der Waals surface area contributed by atoms with Gasteiger partial charge in [-0.05, 0) is 61.0 Å². The summed E-state index contributed by atoms with van der Waals surface area (Å²) in [6.45, 7) is 2.01. The third-order valence-corrected chi connectivity index (χ3v) is 5.26. The van der Waals surface area contributed by atoms with E-state index in [0.29, 0.717) is 11.6 Å². The Morgan fingerprint density at radius 1 is 1.09 bits per heavy atom. The van der Waals surface area contributed by atoms with E-state index < -0.39 is 10.0 Å². The molecule has 0 radical (unpaired) electrons. The number of hydrogen-bond donors (Lipinski definition) is 2. The number of nitrogens with zero attached hydrogens (tertiary/aromatic N) is 3. The molecule has 0 aliphatic carbocycles. The van der Waals surface area contributed by atoms with Gasteiger partial charge in [0.2, 0.25) is 10.0 Å². The fourth-order valence-corrected chi connectivity index (χ4v) is 3.39. The van der Waals surface area contributed by atoms with Crippen LogP contribution < -0.4 is 14.8 Å². The second-order valence-electron chi connectivity index (χ2n) is 7.25. The number of aromatic nitrogens is 3. The van der Waals surface area contributed by atoms with Crippen molar-refractivity contribution in [2.24, 2.45) is 0 Å². The summed E-state index contributed by atoms with van der Waals surface area (Å²) >= 11 is 0. The van der Waals surface area contributed by atoms with Crippen LogP contribution in [0.15, 0.2) is 67.3 Å². The summed E-state index contributed by atoms with van der Waals surface area (Å²) in [6, 6.07) is 15.0. The maximum absolute atomic E-state index is 11.2. The van der Waals surface area contributed by atoms with Crippen LogP contribution in [0.1, 0.15) is 11.1 Å². The molecule has 4 rings (SSSR count). The lowest BCUT2D eigenvalue weighted by atomic mass is 10.1. The molecule has 0 atom stereocenters. The van der Waals surface area contributed by atoms with E-state index >= 15 is 0 Å². The van der Waals surface area contributed by atoms with Crippen LogP contribution >= 0.6 is 0 Å². The van der Waals surface area contributed by atoms with Gasteiger partial charge in [0.05, 0.1) is 24.5 Å². The molecule has 4 aromatic rings. The average molecular weight is 460 g/mol. The van der Waals surface area contributed by atoms with Crippen molar-refractivity contribution in [2.75, 3.05) is 18.1 Å². The van der Waals surface area contributed by atoms with Gasteiger partial charge in [0.15, 0.2) is 0 Å². The van der Waals surface area contributed by atoms with E-state index in [1.165, 1.54) is 6.33 Å². The first kappa shape index (κ1) is 22.2. The van der Waals surface area contributed by atoms with E-state index in [1.54, 1.807) is 12.4 Å². The van der Waals surface area contributed by atoms with Crippen molar-refractivity contribution in [1.29, 1.82) is 0 Å². The number of rotatable bonds is 6. The number of fused-ring (bicyclic) bond motifs is 1. The highest BCUT2D eigenvalue weighted by Crippen LogP contribution is 2.29. The van der Waals surface area contributed by atoms with E-state index in [4.69, 9.17) is 4.74 Å². The molecule has 0 saturated heterocycles. The van der Waals surface area contributed by atoms with Crippen LogP contribution in [-0.4, -0.2) is 36.2 Å². The largest absolute Gasteiger partial charge is 0.455 e. The smallest absolute Gasteiger partial charge is 0.209 e. The number of ether oxygens (including phenoxy) is 1. The number of nitrogens with one attached hydrogen (secondary N) is 2. The van der Waals surface area contributed by atoms with Crippen LogP contribution in [0.2, 0.25) is 0 Å². The fraction of sp³-hybridized carbons (Fsp3) is 0.125. The summed E-state index contributed by atoms with van der Waals surface area (Å²) in [4.78, 5) is 12.8. The van der Waals surface area contributed by atoms with Crippen LogP contribution in [0.4, 0.5) is 11.5 Å². The number of pyridine rings is 1. The topological polar surface area (TPSA) is 106 Å². The molecule has 9 heteroatoms. The number of hydrogen-bond acceptors (Lipinski definition) is 7. The van der Waals surface area contributed by atoms with Crippen molar-refractivity contribution >= 4 is 32.4 Å². The molecule has 0 spiro atoms. The molecule has 0 amide bonds. The summed E-state index contributed by atoms with van der Waals surface area (Å²) in [6.07, 6.45) is 5.96. The molecule has 0 saturated carbocycles. The minimum absolute atomic E-state index is 0.0417. The summed E-state index contributed by atoms with van der Waals surface area (Å²) < 4.78 is 30.6. The number of benzene rings is 2. The zero-order valence-corrected chi connectivity index (χ0v) is 18.8. The van der Waals surface area contributed by atoms with Gasteiger partial charge in [-0.1, -0.05) is 11.8 Å². The molecule has 8 nitrogen and oxygen atoms in total. The molecule has 2 N–H and O–H groups in total. The van der Waals surface area contributed by atoms with E-state index in [0.717, 1.165) is 39.7 Å². The minimum Gasteiger partial charge on any atom is -0.455 e. The van der Waals surface area contributed by atoms with Crippen molar-refractivity contribution in [3.8, 4) is 23.3 Å². The van der Waals surface area contributed by atoms with Crippen LogP contribution in [0, 0.1) is 18.8 Å². The first-order valence-corrected chi connectivity index (χ1v) is 11.9. The van der Waals surface area contributed by atoms with Gasteiger partial charge in [-0.3, -0.25) is 4.98 Å².